The largest absolute Gasteiger partial charge is 0.456 e. The minimum absolute atomic E-state index is 0.626. The molecule has 0 saturated carbocycles. The van der Waals surface area contributed by atoms with Crippen LogP contribution in [0.2, 0.25) is 5.02 Å². The molecule has 94 valence electrons. The zero-order chi connectivity index (χ0) is 13.0. The Morgan fingerprint density at radius 1 is 1.17 bits per heavy atom. The summed E-state index contributed by atoms with van der Waals surface area (Å²) in [5.74, 6) is 1.47. The summed E-state index contributed by atoms with van der Waals surface area (Å²) in [6.07, 6.45) is 2.05. The molecular weight excluding hydrogens is 332 g/mol. The maximum Gasteiger partial charge on any atom is 0.146 e. The van der Waals surface area contributed by atoms with Crippen LogP contribution >= 0.6 is 39.3 Å². The van der Waals surface area contributed by atoms with Crippen molar-refractivity contribution in [2.24, 2.45) is 0 Å². The van der Waals surface area contributed by atoms with Crippen molar-refractivity contribution >= 4 is 39.3 Å². The number of thioether (sulfide) groups is 1. The van der Waals surface area contributed by atoms with Crippen LogP contribution in [0.1, 0.15) is 5.56 Å². The van der Waals surface area contributed by atoms with Gasteiger partial charge in [-0.3, -0.25) is 0 Å². The van der Waals surface area contributed by atoms with Crippen LogP contribution in [0, 0.1) is 0 Å². The fourth-order valence-corrected chi connectivity index (χ4v) is 2.48. The molecule has 0 aliphatic carbocycles. The van der Waals surface area contributed by atoms with E-state index in [2.05, 4.69) is 15.9 Å². The third-order valence-corrected chi connectivity index (χ3v) is 4.12. The van der Waals surface area contributed by atoms with Crippen molar-refractivity contribution in [3.63, 3.8) is 0 Å². The highest BCUT2D eigenvalue weighted by atomic mass is 79.9. The minimum atomic E-state index is 0.626. The predicted octanol–water partition coefficient (Wildman–Crippen LogP) is 5.75. The van der Waals surface area contributed by atoms with Gasteiger partial charge in [0.2, 0.25) is 0 Å². The summed E-state index contributed by atoms with van der Waals surface area (Å²) in [5.41, 5.74) is 1.13. The predicted molar refractivity (Wildman–Crippen MR) is 82.4 cm³/mol. The molecule has 2 aromatic rings. The Hall–Kier alpha value is -0.640. The summed E-state index contributed by atoms with van der Waals surface area (Å²) in [6.45, 7) is 0. The van der Waals surface area contributed by atoms with Crippen LogP contribution < -0.4 is 4.74 Å². The maximum atomic E-state index is 6.17. The summed E-state index contributed by atoms with van der Waals surface area (Å²) in [4.78, 5) is 1.21. The number of ether oxygens (including phenoxy) is 1. The third-order valence-electron chi connectivity index (χ3n) is 2.44. The van der Waals surface area contributed by atoms with Crippen LogP contribution in [0.15, 0.2) is 47.4 Å². The molecule has 0 fully saturated rings. The van der Waals surface area contributed by atoms with Gasteiger partial charge in [0.15, 0.2) is 0 Å². The Morgan fingerprint density at radius 2 is 1.89 bits per heavy atom. The first-order valence-electron chi connectivity index (χ1n) is 5.39. The molecule has 0 aliphatic rings. The number of halogens is 2. The van der Waals surface area contributed by atoms with Crippen molar-refractivity contribution in [1.29, 1.82) is 0 Å². The second-order valence-electron chi connectivity index (χ2n) is 3.68. The van der Waals surface area contributed by atoms with Crippen molar-refractivity contribution in [3.05, 3.63) is 53.1 Å². The second kappa shape index (κ2) is 6.50. The smallest absolute Gasteiger partial charge is 0.146 e. The molecule has 4 heteroatoms. The molecule has 0 saturated heterocycles. The lowest BCUT2D eigenvalue weighted by Crippen LogP contribution is -1.86. The van der Waals surface area contributed by atoms with Crippen molar-refractivity contribution in [3.8, 4) is 11.5 Å². The van der Waals surface area contributed by atoms with Gasteiger partial charge in [-0.05, 0) is 48.2 Å². The van der Waals surface area contributed by atoms with Gasteiger partial charge in [-0.15, -0.1) is 11.8 Å². The van der Waals surface area contributed by atoms with Crippen LogP contribution in [0.25, 0.3) is 0 Å². The van der Waals surface area contributed by atoms with Gasteiger partial charge in [0.25, 0.3) is 0 Å². The Labute approximate surface area is 125 Å². The van der Waals surface area contributed by atoms with Crippen LogP contribution in [-0.2, 0) is 5.33 Å². The van der Waals surface area contributed by atoms with Gasteiger partial charge >= 0.3 is 0 Å². The van der Waals surface area contributed by atoms with Gasteiger partial charge in [0.05, 0.1) is 5.02 Å². The second-order valence-corrected chi connectivity index (χ2v) is 5.52. The van der Waals surface area contributed by atoms with Gasteiger partial charge in [0.1, 0.15) is 11.5 Å². The van der Waals surface area contributed by atoms with Crippen molar-refractivity contribution in [2.45, 2.75) is 10.2 Å². The molecule has 0 aromatic heterocycles. The number of rotatable bonds is 4. The third kappa shape index (κ3) is 3.44. The Balaban J connectivity index is 2.17. The van der Waals surface area contributed by atoms with Crippen LogP contribution in [0.4, 0.5) is 0 Å². The first-order valence-corrected chi connectivity index (χ1v) is 8.11. The molecule has 1 nitrogen and oxygen atoms in total. The SMILES string of the molecule is CSc1ccc(Oc2ccc(CBr)cc2Cl)cc1. The van der Waals surface area contributed by atoms with E-state index in [9.17, 15) is 0 Å². The average molecular weight is 344 g/mol. The minimum Gasteiger partial charge on any atom is -0.456 e. The topological polar surface area (TPSA) is 9.23 Å². The van der Waals surface area contributed by atoms with Crippen molar-refractivity contribution in [1.82, 2.24) is 0 Å². The van der Waals surface area contributed by atoms with E-state index in [4.69, 9.17) is 16.3 Å². The van der Waals surface area contributed by atoms with Gasteiger partial charge < -0.3 is 4.74 Å². The first kappa shape index (κ1) is 13.8. The highest BCUT2D eigenvalue weighted by molar-refractivity contribution is 9.08. The van der Waals surface area contributed by atoms with Gasteiger partial charge in [-0.2, -0.15) is 0 Å². The molecule has 18 heavy (non-hydrogen) atoms. The quantitative estimate of drug-likeness (QED) is 0.516. The fraction of sp³-hybridized carbons (Fsp3) is 0.143. The number of alkyl halides is 1. The van der Waals surface area contributed by atoms with Gasteiger partial charge in [0, 0.05) is 10.2 Å². The molecule has 0 N–H and O–H groups in total. The summed E-state index contributed by atoms with van der Waals surface area (Å²) in [5, 5.41) is 1.41. The lowest BCUT2D eigenvalue weighted by molar-refractivity contribution is 0.482. The fourth-order valence-electron chi connectivity index (χ4n) is 1.48. The number of benzene rings is 2. The lowest BCUT2D eigenvalue weighted by Gasteiger charge is -2.09. The molecule has 0 aliphatic heterocycles. The highest BCUT2D eigenvalue weighted by Crippen LogP contribution is 2.31. The van der Waals surface area contributed by atoms with Crippen molar-refractivity contribution < 1.29 is 4.74 Å². The molecule has 0 atom stereocenters. The monoisotopic (exact) mass is 342 g/mol. The van der Waals surface area contributed by atoms with E-state index in [1.807, 2.05) is 48.7 Å². The highest BCUT2D eigenvalue weighted by Gasteiger charge is 2.04. The molecule has 0 amide bonds. The zero-order valence-corrected chi connectivity index (χ0v) is 13.0. The molecule has 2 rings (SSSR count). The molecular formula is C14H12BrClOS. The summed E-state index contributed by atoms with van der Waals surface area (Å²) in [6, 6.07) is 13.7. The lowest BCUT2D eigenvalue weighted by atomic mass is 10.2. The van der Waals surface area contributed by atoms with Gasteiger partial charge in [-0.1, -0.05) is 33.6 Å². The normalized spacial score (nSPS) is 10.4. The molecule has 0 bridgehead atoms. The Morgan fingerprint density at radius 3 is 2.44 bits per heavy atom. The van der Waals surface area contributed by atoms with E-state index >= 15 is 0 Å². The average Bonchev–Trinajstić information content (AvgIpc) is 2.42. The summed E-state index contributed by atoms with van der Waals surface area (Å²) >= 11 is 11.3. The van der Waals surface area contributed by atoms with Gasteiger partial charge in [-0.25, -0.2) is 0 Å². The molecule has 0 unspecified atom stereocenters. The number of hydrogen-bond donors (Lipinski definition) is 0. The summed E-state index contributed by atoms with van der Waals surface area (Å²) in [7, 11) is 0. The van der Waals surface area contributed by atoms with E-state index in [0.717, 1.165) is 16.6 Å². The Kier molecular flexibility index (Phi) is 4.98. The van der Waals surface area contributed by atoms with Crippen LogP contribution in [-0.4, -0.2) is 6.26 Å². The van der Waals surface area contributed by atoms with E-state index in [0.29, 0.717) is 10.8 Å². The standard InChI is InChI=1S/C14H12BrClOS/c1-18-12-5-3-11(4-6-12)17-14-7-2-10(9-15)8-13(14)16/h2-8H,9H2,1H3. The van der Waals surface area contributed by atoms with Crippen molar-refractivity contribution in [2.75, 3.05) is 6.26 Å². The van der Waals surface area contributed by atoms with Crippen LogP contribution in [0.3, 0.4) is 0 Å². The van der Waals surface area contributed by atoms with E-state index in [1.165, 1.54) is 4.90 Å². The van der Waals surface area contributed by atoms with E-state index in [-0.39, 0.29) is 0 Å². The molecule has 2 aromatic carbocycles. The van der Waals surface area contributed by atoms with E-state index < -0.39 is 0 Å². The number of hydrogen-bond acceptors (Lipinski definition) is 2. The van der Waals surface area contributed by atoms with Crippen LogP contribution in [0.5, 0.6) is 11.5 Å². The molecule has 0 radical (unpaired) electrons. The van der Waals surface area contributed by atoms with E-state index in [1.54, 1.807) is 11.8 Å². The molecule has 0 heterocycles. The molecule has 0 spiro atoms. The Bertz CT molecular complexity index is 528. The maximum absolute atomic E-state index is 6.17. The zero-order valence-electron chi connectivity index (χ0n) is 9.82. The summed E-state index contributed by atoms with van der Waals surface area (Å²) < 4.78 is 5.75. The first-order chi connectivity index (χ1) is 8.72.